The van der Waals surface area contributed by atoms with Crippen LogP contribution in [0, 0.1) is 5.82 Å². The summed E-state index contributed by atoms with van der Waals surface area (Å²) in [7, 11) is 1.40. The third-order valence-corrected chi connectivity index (χ3v) is 3.14. The van der Waals surface area contributed by atoms with Gasteiger partial charge in [-0.15, -0.1) is 0 Å². The highest BCUT2D eigenvalue weighted by Crippen LogP contribution is 2.32. The molecule has 116 valence electrons. The Morgan fingerprint density at radius 3 is 2.23 bits per heavy atom. The van der Waals surface area contributed by atoms with Gasteiger partial charge in [-0.05, 0) is 29.8 Å². The third kappa shape index (κ3) is 3.63. The lowest BCUT2D eigenvalue weighted by molar-refractivity contribution is -0.138. The largest absolute Gasteiger partial charge is 0.417 e. The van der Waals surface area contributed by atoms with Crippen molar-refractivity contribution in [1.29, 1.82) is 0 Å². The fraction of sp³-hybridized carbons (Fsp3) is 0.188. The maximum Gasteiger partial charge on any atom is 0.417 e. The summed E-state index contributed by atoms with van der Waals surface area (Å²) in [5, 5.41) is 0. The molecule has 2 aromatic rings. The molecule has 0 spiro atoms. The number of nitrogens with zero attached hydrogens (tertiary/aromatic N) is 1. The summed E-state index contributed by atoms with van der Waals surface area (Å²) in [4.78, 5) is 13.4. The Morgan fingerprint density at radius 2 is 1.64 bits per heavy atom. The predicted octanol–water partition coefficient (Wildman–Crippen LogP) is 4.12. The molecule has 0 aliphatic rings. The van der Waals surface area contributed by atoms with Crippen LogP contribution >= 0.6 is 0 Å². The van der Waals surface area contributed by atoms with E-state index in [2.05, 4.69) is 0 Å². The summed E-state index contributed by atoms with van der Waals surface area (Å²) in [5.41, 5.74) is -0.743. The normalized spacial score (nSPS) is 11.3. The molecule has 0 bridgehead atoms. The van der Waals surface area contributed by atoms with E-state index in [1.165, 1.54) is 43.4 Å². The smallest absolute Gasteiger partial charge is 0.337 e. The topological polar surface area (TPSA) is 20.3 Å². The number of benzene rings is 2. The van der Waals surface area contributed by atoms with Crippen molar-refractivity contribution in [3.05, 3.63) is 71.0 Å². The minimum Gasteiger partial charge on any atom is -0.337 e. The molecule has 0 aliphatic carbocycles. The van der Waals surface area contributed by atoms with Crippen molar-refractivity contribution >= 4 is 5.91 Å². The van der Waals surface area contributed by atoms with Gasteiger partial charge in [-0.1, -0.05) is 24.3 Å². The molecule has 2 rings (SSSR count). The van der Waals surface area contributed by atoms with E-state index >= 15 is 0 Å². The van der Waals surface area contributed by atoms with Crippen molar-refractivity contribution in [2.45, 2.75) is 12.7 Å². The second-order valence-electron chi connectivity index (χ2n) is 4.83. The average Bonchev–Trinajstić information content (AvgIpc) is 2.48. The molecular weight excluding hydrogens is 298 g/mol. The first kappa shape index (κ1) is 16.0. The molecule has 0 saturated carbocycles. The Morgan fingerprint density at radius 1 is 1.05 bits per heavy atom. The lowest BCUT2D eigenvalue weighted by atomic mass is 10.1. The van der Waals surface area contributed by atoms with Crippen molar-refractivity contribution < 1.29 is 22.4 Å². The van der Waals surface area contributed by atoms with E-state index < -0.39 is 29.0 Å². The number of hydrogen-bond acceptors (Lipinski definition) is 1. The van der Waals surface area contributed by atoms with Crippen LogP contribution in [0.1, 0.15) is 21.5 Å². The van der Waals surface area contributed by atoms with E-state index in [-0.39, 0.29) is 6.54 Å². The summed E-state index contributed by atoms with van der Waals surface area (Å²) >= 11 is 0. The number of carbonyl (C=O) groups is 1. The van der Waals surface area contributed by atoms with Crippen LogP contribution in [0.25, 0.3) is 0 Å². The van der Waals surface area contributed by atoms with Crippen LogP contribution in [-0.2, 0) is 12.7 Å². The SMILES string of the molecule is CN(Cc1ccc(F)cc1)C(=O)c1ccccc1C(F)(F)F. The Labute approximate surface area is 125 Å². The molecule has 22 heavy (non-hydrogen) atoms. The molecule has 6 heteroatoms. The monoisotopic (exact) mass is 311 g/mol. The van der Waals surface area contributed by atoms with Gasteiger partial charge in [-0.25, -0.2) is 4.39 Å². The zero-order valence-electron chi connectivity index (χ0n) is 11.7. The molecule has 0 saturated heterocycles. The van der Waals surface area contributed by atoms with Crippen molar-refractivity contribution in [2.75, 3.05) is 7.05 Å². The van der Waals surface area contributed by atoms with Crippen molar-refractivity contribution in [3.8, 4) is 0 Å². The fourth-order valence-corrected chi connectivity index (χ4v) is 2.06. The van der Waals surface area contributed by atoms with Crippen LogP contribution < -0.4 is 0 Å². The van der Waals surface area contributed by atoms with Crippen LogP contribution in [0.2, 0.25) is 0 Å². The van der Waals surface area contributed by atoms with Crippen LogP contribution in [0.3, 0.4) is 0 Å². The summed E-state index contributed by atoms with van der Waals surface area (Å²) in [6, 6.07) is 10.1. The summed E-state index contributed by atoms with van der Waals surface area (Å²) < 4.78 is 51.6. The van der Waals surface area contributed by atoms with Crippen LogP contribution in [0.4, 0.5) is 17.6 Å². The molecule has 2 aromatic carbocycles. The summed E-state index contributed by atoms with van der Waals surface area (Å²) in [5.74, 6) is -1.16. The lowest BCUT2D eigenvalue weighted by Gasteiger charge is -2.20. The number of hydrogen-bond donors (Lipinski definition) is 0. The molecule has 0 aliphatic heterocycles. The van der Waals surface area contributed by atoms with E-state index in [1.807, 2.05) is 0 Å². The summed E-state index contributed by atoms with van der Waals surface area (Å²) in [6.45, 7) is 0.0886. The molecular formula is C16H13F4NO. The van der Waals surface area contributed by atoms with Crippen molar-refractivity contribution in [3.63, 3.8) is 0 Å². The Hall–Kier alpha value is -2.37. The van der Waals surface area contributed by atoms with Gasteiger partial charge in [0.2, 0.25) is 0 Å². The van der Waals surface area contributed by atoms with E-state index in [9.17, 15) is 22.4 Å². The Balaban J connectivity index is 2.23. The predicted molar refractivity (Wildman–Crippen MR) is 73.6 cm³/mol. The van der Waals surface area contributed by atoms with E-state index in [4.69, 9.17) is 0 Å². The molecule has 1 amide bonds. The molecule has 0 radical (unpaired) electrons. The van der Waals surface area contributed by atoms with E-state index in [0.29, 0.717) is 5.56 Å². The lowest BCUT2D eigenvalue weighted by Crippen LogP contribution is -2.28. The first-order valence-electron chi connectivity index (χ1n) is 6.45. The van der Waals surface area contributed by atoms with Gasteiger partial charge >= 0.3 is 6.18 Å². The van der Waals surface area contributed by atoms with E-state index in [1.54, 1.807) is 0 Å². The molecule has 0 heterocycles. The second kappa shape index (κ2) is 6.17. The third-order valence-electron chi connectivity index (χ3n) is 3.14. The van der Waals surface area contributed by atoms with Crippen LogP contribution in [0.15, 0.2) is 48.5 Å². The molecule has 0 N–H and O–H groups in total. The van der Waals surface area contributed by atoms with Gasteiger partial charge in [0.25, 0.3) is 5.91 Å². The van der Waals surface area contributed by atoms with Crippen LogP contribution in [-0.4, -0.2) is 17.9 Å². The number of alkyl halides is 3. The quantitative estimate of drug-likeness (QED) is 0.781. The first-order valence-corrected chi connectivity index (χ1v) is 6.45. The molecule has 0 unspecified atom stereocenters. The maximum absolute atomic E-state index is 12.9. The minimum absolute atomic E-state index is 0.0886. The minimum atomic E-state index is -4.59. The summed E-state index contributed by atoms with van der Waals surface area (Å²) in [6.07, 6.45) is -4.59. The second-order valence-corrected chi connectivity index (χ2v) is 4.83. The molecule has 0 atom stereocenters. The van der Waals surface area contributed by atoms with Gasteiger partial charge in [-0.2, -0.15) is 13.2 Å². The zero-order chi connectivity index (χ0) is 16.3. The van der Waals surface area contributed by atoms with E-state index in [0.717, 1.165) is 17.0 Å². The number of amides is 1. The number of carbonyl (C=O) groups excluding carboxylic acids is 1. The highest BCUT2D eigenvalue weighted by molar-refractivity contribution is 5.95. The fourth-order valence-electron chi connectivity index (χ4n) is 2.06. The molecule has 0 fully saturated rings. The van der Waals surface area contributed by atoms with Gasteiger partial charge in [-0.3, -0.25) is 4.79 Å². The molecule has 2 nitrogen and oxygen atoms in total. The molecule has 0 aromatic heterocycles. The standard InChI is InChI=1S/C16H13F4NO/c1-21(10-11-6-8-12(17)9-7-11)15(22)13-4-2-3-5-14(13)16(18,19)20/h2-9H,10H2,1H3. The van der Waals surface area contributed by atoms with Gasteiger partial charge < -0.3 is 4.90 Å². The van der Waals surface area contributed by atoms with Gasteiger partial charge in [0, 0.05) is 13.6 Å². The van der Waals surface area contributed by atoms with Gasteiger partial charge in [0.15, 0.2) is 0 Å². The van der Waals surface area contributed by atoms with Gasteiger partial charge in [0.1, 0.15) is 5.82 Å². The van der Waals surface area contributed by atoms with Crippen molar-refractivity contribution in [2.24, 2.45) is 0 Å². The number of halogens is 4. The Bertz CT molecular complexity index is 665. The highest BCUT2D eigenvalue weighted by Gasteiger charge is 2.35. The first-order chi connectivity index (χ1) is 10.3. The number of rotatable bonds is 3. The Kier molecular flexibility index (Phi) is 4.49. The zero-order valence-corrected chi connectivity index (χ0v) is 11.7. The average molecular weight is 311 g/mol. The highest BCUT2D eigenvalue weighted by atomic mass is 19.4. The van der Waals surface area contributed by atoms with Gasteiger partial charge in [0.05, 0.1) is 11.1 Å². The van der Waals surface area contributed by atoms with Crippen LogP contribution in [0.5, 0.6) is 0 Å². The van der Waals surface area contributed by atoms with Crippen molar-refractivity contribution in [1.82, 2.24) is 4.90 Å². The maximum atomic E-state index is 12.9.